The van der Waals surface area contributed by atoms with Gasteiger partial charge in [0, 0.05) is 11.6 Å². The molecule has 6 heteroatoms. The standard InChI is InChI=1S/C14H17N5S/c1-9-3-2-4-11(7-9)17-14(15)16-8-12-18-19-13(20-12)10-5-6-10/h2-4,7,10H,5-6,8H2,1H3,(H3,15,16,17). The second-order valence-electron chi connectivity index (χ2n) is 5.00. The molecule has 3 rings (SSSR count). The number of aryl methyl sites for hydroxylation is 1. The highest BCUT2D eigenvalue weighted by molar-refractivity contribution is 7.11. The molecule has 0 atom stereocenters. The molecule has 20 heavy (non-hydrogen) atoms. The Morgan fingerprint density at radius 1 is 1.45 bits per heavy atom. The fourth-order valence-electron chi connectivity index (χ4n) is 1.89. The van der Waals surface area contributed by atoms with E-state index in [-0.39, 0.29) is 0 Å². The number of anilines is 1. The zero-order chi connectivity index (χ0) is 13.9. The number of hydrogen-bond acceptors (Lipinski definition) is 4. The topological polar surface area (TPSA) is 76.2 Å². The van der Waals surface area contributed by atoms with Gasteiger partial charge in [0.15, 0.2) is 5.96 Å². The van der Waals surface area contributed by atoms with E-state index >= 15 is 0 Å². The van der Waals surface area contributed by atoms with Gasteiger partial charge in [-0.25, -0.2) is 4.99 Å². The van der Waals surface area contributed by atoms with E-state index in [9.17, 15) is 0 Å². The van der Waals surface area contributed by atoms with Crippen molar-refractivity contribution in [3.8, 4) is 0 Å². The van der Waals surface area contributed by atoms with Crippen molar-refractivity contribution < 1.29 is 0 Å². The largest absolute Gasteiger partial charge is 0.370 e. The molecule has 1 aromatic carbocycles. The molecule has 0 unspecified atom stereocenters. The molecule has 1 saturated carbocycles. The van der Waals surface area contributed by atoms with Gasteiger partial charge < -0.3 is 11.1 Å². The molecule has 0 amide bonds. The number of guanidine groups is 1. The quantitative estimate of drug-likeness (QED) is 0.669. The maximum absolute atomic E-state index is 5.88. The third-order valence-electron chi connectivity index (χ3n) is 3.08. The number of nitrogens with two attached hydrogens (primary N) is 1. The summed E-state index contributed by atoms with van der Waals surface area (Å²) in [6, 6.07) is 8.01. The van der Waals surface area contributed by atoms with Crippen LogP contribution in [0.5, 0.6) is 0 Å². The molecule has 3 N–H and O–H groups in total. The average Bonchev–Trinajstić information content (AvgIpc) is 3.16. The second-order valence-corrected chi connectivity index (χ2v) is 6.10. The Kier molecular flexibility index (Phi) is 3.64. The fourth-order valence-corrected chi connectivity index (χ4v) is 2.82. The number of hydrogen-bond donors (Lipinski definition) is 2. The molecule has 5 nitrogen and oxygen atoms in total. The molecule has 0 bridgehead atoms. The highest BCUT2D eigenvalue weighted by Crippen LogP contribution is 2.41. The highest BCUT2D eigenvalue weighted by atomic mass is 32.1. The van der Waals surface area contributed by atoms with Crippen LogP contribution in [0.15, 0.2) is 29.3 Å². The summed E-state index contributed by atoms with van der Waals surface area (Å²) in [6.45, 7) is 2.52. The zero-order valence-corrected chi connectivity index (χ0v) is 12.2. The minimum atomic E-state index is 0.402. The molecule has 2 aromatic rings. The SMILES string of the molecule is Cc1cccc(NC(N)=NCc2nnc(C3CC3)s2)c1. The molecule has 1 aliphatic carbocycles. The van der Waals surface area contributed by atoms with Crippen LogP contribution in [0.2, 0.25) is 0 Å². The minimum absolute atomic E-state index is 0.402. The van der Waals surface area contributed by atoms with Crippen LogP contribution in [0.1, 0.15) is 34.3 Å². The zero-order valence-electron chi connectivity index (χ0n) is 11.3. The van der Waals surface area contributed by atoms with Crippen molar-refractivity contribution in [1.82, 2.24) is 10.2 Å². The van der Waals surface area contributed by atoms with Crippen molar-refractivity contribution in [1.29, 1.82) is 0 Å². The molecule has 0 aliphatic heterocycles. The number of nitrogens with one attached hydrogen (secondary N) is 1. The molecule has 1 aromatic heterocycles. The van der Waals surface area contributed by atoms with Gasteiger partial charge in [0.2, 0.25) is 0 Å². The number of rotatable bonds is 4. The lowest BCUT2D eigenvalue weighted by Crippen LogP contribution is -2.22. The Hall–Kier alpha value is -1.95. The number of aromatic nitrogens is 2. The lowest BCUT2D eigenvalue weighted by molar-refractivity contribution is 0.917. The van der Waals surface area contributed by atoms with E-state index in [1.807, 2.05) is 31.2 Å². The van der Waals surface area contributed by atoms with Gasteiger partial charge in [-0.3, -0.25) is 0 Å². The van der Waals surface area contributed by atoms with Crippen molar-refractivity contribution in [3.05, 3.63) is 39.8 Å². The van der Waals surface area contributed by atoms with E-state index < -0.39 is 0 Å². The van der Waals surface area contributed by atoms with Crippen LogP contribution in [-0.4, -0.2) is 16.2 Å². The summed E-state index contributed by atoms with van der Waals surface area (Å²) in [7, 11) is 0. The van der Waals surface area contributed by atoms with Crippen molar-refractivity contribution in [3.63, 3.8) is 0 Å². The van der Waals surface area contributed by atoms with Crippen LogP contribution in [0.25, 0.3) is 0 Å². The molecule has 1 fully saturated rings. The third kappa shape index (κ3) is 3.33. The first-order valence-corrected chi connectivity index (χ1v) is 7.48. The van der Waals surface area contributed by atoms with Gasteiger partial charge in [0.25, 0.3) is 0 Å². The molecule has 0 spiro atoms. The molecule has 0 radical (unpaired) electrons. The van der Waals surface area contributed by atoms with E-state index in [2.05, 4.69) is 20.5 Å². The molecule has 0 saturated heterocycles. The average molecular weight is 287 g/mol. The predicted octanol–water partition coefficient (Wildman–Crippen LogP) is 2.65. The fraction of sp³-hybridized carbons (Fsp3) is 0.357. The monoisotopic (exact) mass is 287 g/mol. The lowest BCUT2D eigenvalue weighted by Gasteiger charge is -2.05. The van der Waals surface area contributed by atoms with Gasteiger partial charge >= 0.3 is 0 Å². The number of benzene rings is 1. The van der Waals surface area contributed by atoms with Gasteiger partial charge in [-0.1, -0.05) is 23.5 Å². The van der Waals surface area contributed by atoms with Crippen LogP contribution in [0.4, 0.5) is 5.69 Å². The van der Waals surface area contributed by atoms with Crippen molar-refractivity contribution in [2.75, 3.05) is 5.32 Å². The van der Waals surface area contributed by atoms with E-state index in [0.717, 1.165) is 15.7 Å². The Morgan fingerprint density at radius 2 is 2.30 bits per heavy atom. The predicted molar refractivity (Wildman–Crippen MR) is 82.0 cm³/mol. The van der Waals surface area contributed by atoms with Crippen LogP contribution in [0, 0.1) is 6.92 Å². The Bertz CT molecular complexity index is 630. The first-order chi connectivity index (χ1) is 9.70. The molecular formula is C14H17N5S. The molecule has 1 aliphatic rings. The van der Waals surface area contributed by atoms with Crippen LogP contribution >= 0.6 is 11.3 Å². The first-order valence-electron chi connectivity index (χ1n) is 6.66. The van der Waals surface area contributed by atoms with Crippen LogP contribution in [0.3, 0.4) is 0 Å². The maximum Gasteiger partial charge on any atom is 0.193 e. The lowest BCUT2D eigenvalue weighted by atomic mass is 10.2. The first kappa shape index (κ1) is 13.1. The van der Waals surface area contributed by atoms with Crippen molar-refractivity contribution in [2.45, 2.75) is 32.2 Å². The summed E-state index contributed by atoms with van der Waals surface area (Å²) in [4.78, 5) is 4.30. The Balaban J connectivity index is 1.59. The van der Waals surface area contributed by atoms with Crippen molar-refractivity contribution in [2.24, 2.45) is 10.7 Å². The summed E-state index contributed by atoms with van der Waals surface area (Å²) < 4.78 is 0. The van der Waals surface area contributed by atoms with Crippen LogP contribution in [-0.2, 0) is 6.54 Å². The summed E-state index contributed by atoms with van der Waals surface area (Å²) in [5.74, 6) is 1.05. The van der Waals surface area contributed by atoms with Gasteiger partial charge in [0.1, 0.15) is 10.0 Å². The third-order valence-corrected chi connectivity index (χ3v) is 4.15. The highest BCUT2D eigenvalue weighted by Gasteiger charge is 2.27. The summed E-state index contributed by atoms with van der Waals surface area (Å²) in [5, 5.41) is 13.5. The summed E-state index contributed by atoms with van der Waals surface area (Å²) >= 11 is 1.64. The normalized spacial score (nSPS) is 15.3. The number of nitrogens with zero attached hydrogens (tertiary/aromatic N) is 3. The van der Waals surface area contributed by atoms with E-state index in [4.69, 9.17) is 5.73 Å². The smallest absolute Gasteiger partial charge is 0.193 e. The van der Waals surface area contributed by atoms with E-state index in [0.29, 0.717) is 18.4 Å². The summed E-state index contributed by atoms with van der Waals surface area (Å²) in [5.41, 5.74) is 8.01. The van der Waals surface area contributed by atoms with Gasteiger partial charge in [-0.05, 0) is 37.5 Å². The van der Waals surface area contributed by atoms with E-state index in [1.54, 1.807) is 11.3 Å². The molecule has 1 heterocycles. The molecule has 104 valence electrons. The minimum Gasteiger partial charge on any atom is -0.370 e. The van der Waals surface area contributed by atoms with Crippen molar-refractivity contribution >= 4 is 23.0 Å². The second kappa shape index (κ2) is 5.58. The molecular weight excluding hydrogens is 270 g/mol. The van der Waals surface area contributed by atoms with Gasteiger partial charge in [-0.15, -0.1) is 10.2 Å². The van der Waals surface area contributed by atoms with Crippen LogP contribution < -0.4 is 11.1 Å². The van der Waals surface area contributed by atoms with Gasteiger partial charge in [-0.2, -0.15) is 0 Å². The van der Waals surface area contributed by atoms with E-state index in [1.165, 1.54) is 18.4 Å². The van der Waals surface area contributed by atoms with Gasteiger partial charge in [0.05, 0.1) is 6.54 Å². The Morgan fingerprint density at radius 3 is 3.05 bits per heavy atom. The maximum atomic E-state index is 5.88. The number of aliphatic imine (C=N–C) groups is 1. The summed E-state index contributed by atoms with van der Waals surface area (Å²) in [6.07, 6.45) is 2.49. The Labute approximate surface area is 122 Å².